The van der Waals surface area contributed by atoms with Crippen molar-refractivity contribution in [2.45, 2.75) is 6.10 Å². The third kappa shape index (κ3) is 5.54. The smallest absolute Gasteiger partial charge is 0.339 e. The van der Waals surface area contributed by atoms with Gasteiger partial charge in [0.25, 0.3) is 5.69 Å². The number of nitrogens with zero attached hydrogens (tertiary/aromatic N) is 3. The predicted octanol–water partition coefficient (Wildman–Crippen LogP) is 5.91. The predicted molar refractivity (Wildman–Crippen MR) is 134 cm³/mol. The normalized spacial score (nSPS) is 10.9. The molecular formula is C29H17N3O6. The Morgan fingerprint density at radius 2 is 1.50 bits per heavy atom. The number of ether oxygens (including phenoxy) is 2. The van der Waals surface area contributed by atoms with Gasteiger partial charge in [-0.1, -0.05) is 42.5 Å². The minimum absolute atomic E-state index is 0.0506. The molecule has 1 atom stereocenters. The van der Waals surface area contributed by atoms with E-state index in [1.54, 1.807) is 42.5 Å². The summed E-state index contributed by atoms with van der Waals surface area (Å²) in [7, 11) is 0. The number of rotatable bonds is 8. The summed E-state index contributed by atoms with van der Waals surface area (Å²) in [5.41, 5.74) is 0.637. The Hall–Kier alpha value is -5.80. The van der Waals surface area contributed by atoms with Crippen molar-refractivity contribution < 1.29 is 24.0 Å². The molecule has 0 N–H and O–H groups in total. The van der Waals surface area contributed by atoms with E-state index in [1.807, 2.05) is 12.1 Å². The average Bonchev–Trinajstić information content (AvgIpc) is 2.96. The molecule has 0 unspecified atom stereocenters. The molecule has 4 rings (SSSR count). The fraction of sp³-hybridized carbons (Fsp3) is 0.0345. The molecule has 0 radical (unpaired) electrons. The van der Waals surface area contributed by atoms with Gasteiger partial charge in [0.1, 0.15) is 29.2 Å². The van der Waals surface area contributed by atoms with Crippen LogP contribution >= 0.6 is 0 Å². The lowest BCUT2D eigenvalue weighted by molar-refractivity contribution is -0.384. The Labute approximate surface area is 216 Å². The first-order chi connectivity index (χ1) is 18.4. The van der Waals surface area contributed by atoms with Gasteiger partial charge >= 0.3 is 5.97 Å². The van der Waals surface area contributed by atoms with Gasteiger partial charge in [0.15, 0.2) is 6.10 Å². The van der Waals surface area contributed by atoms with Crippen LogP contribution in [-0.4, -0.2) is 16.7 Å². The molecule has 0 saturated carbocycles. The number of carbonyl (C=O) groups excluding carboxylic acids is 2. The van der Waals surface area contributed by atoms with Crippen molar-refractivity contribution in [3.8, 4) is 23.6 Å². The molecule has 0 saturated heterocycles. The summed E-state index contributed by atoms with van der Waals surface area (Å²) in [5.74, 6) is -1.01. The number of carbonyl (C=O) groups is 2. The van der Waals surface area contributed by atoms with Crippen LogP contribution in [0, 0.1) is 32.8 Å². The van der Waals surface area contributed by atoms with Crippen LogP contribution in [0.5, 0.6) is 11.5 Å². The topological polar surface area (TPSA) is 143 Å². The Balaban J connectivity index is 1.63. The molecule has 0 heterocycles. The van der Waals surface area contributed by atoms with E-state index in [0.29, 0.717) is 5.56 Å². The Morgan fingerprint density at radius 3 is 2.16 bits per heavy atom. The molecule has 0 spiro atoms. The number of esters is 1. The van der Waals surface area contributed by atoms with Crippen molar-refractivity contribution in [1.82, 2.24) is 0 Å². The number of non-ortho nitro benzene ring substituents is 1. The van der Waals surface area contributed by atoms with Gasteiger partial charge in [-0.05, 0) is 42.5 Å². The zero-order valence-corrected chi connectivity index (χ0v) is 19.6. The maximum atomic E-state index is 13.3. The van der Waals surface area contributed by atoms with Crippen LogP contribution in [-0.2, 0) is 4.74 Å². The molecule has 4 aromatic carbocycles. The minimum Gasteiger partial charge on any atom is -0.456 e. The van der Waals surface area contributed by atoms with E-state index in [0.717, 1.165) is 0 Å². The van der Waals surface area contributed by atoms with E-state index in [4.69, 9.17) is 9.47 Å². The van der Waals surface area contributed by atoms with Crippen LogP contribution in [0.15, 0.2) is 97.1 Å². The summed E-state index contributed by atoms with van der Waals surface area (Å²) in [5, 5.41) is 29.7. The number of benzene rings is 4. The van der Waals surface area contributed by atoms with Crippen molar-refractivity contribution in [3.63, 3.8) is 0 Å². The molecule has 0 aromatic heterocycles. The Kier molecular flexibility index (Phi) is 7.52. The SMILES string of the molecule is N#Cc1cccc(Oc2cccc(C(=O)O[C@@H](C(=O)c3ccccc3)c3ccc([N+](=O)[O-])cc3)c2)c1C#N. The van der Waals surface area contributed by atoms with E-state index in [1.165, 1.54) is 54.6 Å². The molecule has 9 nitrogen and oxygen atoms in total. The number of nitriles is 2. The fourth-order valence-electron chi connectivity index (χ4n) is 3.61. The molecule has 0 aliphatic carbocycles. The first-order valence-corrected chi connectivity index (χ1v) is 11.2. The van der Waals surface area contributed by atoms with E-state index in [2.05, 4.69) is 0 Å². The molecule has 0 amide bonds. The molecule has 0 fully saturated rings. The molecule has 4 aromatic rings. The average molecular weight is 503 g/mol. The maximum Gasteiger partial charge on any atom is 0.339 e. The van der Waals surface area contributed by atoms with Gasteiger partial charge in [0, 0.05) is 23.3 Å². The number of Topliss-reactive ketones (excluding diaryl/α,β-unsaturated/α-hetero) is 1. The van der Waals surface area contributed by atoms with Gasteiger partial charge in [-0.2, -0.15) is 10.5 Å². The Bertz CT molecular complexity index is 1600. The van der Waals surface area contributed by atoms with Crippen molar-refractivity contribution in [1.29, 1.82) is 10.5 Å². The minimum atomic E-state index is -1.37. The second kappa shape index (κ2) is 11.3. The van der Waals surface area contributed by atoms with Crippen LogP contribution in [0.4, 0.5) is 5.69 Å². The summed E-state index contributed by atoms with van der Waals surface area (Å²) in [4.78, 5) is 36.9. The number of nitro groups is 1. The van der Waals surface area contributed by atoms with Gasteiger partial charge in [0.05, 0.1) is 16.1 Å². The lowest BCUT2D eigenvalue weighted by Crippen LogP contribution is -2.20. The van der Waals surface area contributed by atoms with E-state index in [-0.39, 0.29) is 39.4 Å². The van der Waals surface area contributed by atoms with Crippen LogP contribution in [0.2, 0.25) is 0 Å². The van der Waals surface area contributed by atoms with Crippen molar-refractivity contribution >= 4 is 17.4 Å². The van der Waals surface area contributed by atoms with E-state index in [9.17, 15) is 30.2 Å². The molecule has 38 heavy (non-hydrogen) atoms. The number of hydrogen-bond donors (Lipinski definition) is 0. The standard InChI is InChI=1S/C29H17N3O6/c30-17-22-9-5-11-26(25(22)18-31)37-24-10-4-8-21(16-24)29(34)38-28(27(33)19-6-2-1-3-7-19)20-12-14-23(15-13-20)32(35)36/h1-16,28H/t28-/m1/s1. The summed E-state index contributed by atoms with van der Waals surface area (Å²) < 4.78 is 11.4. The van der Waals surface area contributed by atoms with Gasteiger partial charge in [-0.15, -0.1) is 0 Å². The quantitative estimate of drug-likeness (QED) is 0.125. The van der Waals surface area contributed by atoms with Gasteiger partial charge in [-0.25, -0.2) is 4.79 Å². The summed E-state index contributed by atoms with van der Waals surface area (Å²) >= 11 is 0. The molecule has 0 aliphatic heterocycles. The molecule has 0 aliphatic rings. The van der Waals surface area contributed by atoms with Gasteiger partial charge < -0.3 is 9.47 Å². The summed E-state index contributed by atoms with van der Waals surface area (Å²) in [6.07, 6.45) is -1.37. The summed E-state index contributed by atoms with van der Waals surface area (Å²) in [6.45, 7) is 0. The first-order valence-electron chi connectivity index (χ1n) is 11.2. The lowest BCUT2D eigenvalue weighted by Gasteiger charge is -2.18. The van der Waals surface area contributed by atoms with Crippen LogP contribution in [0.25, 0.3) is 0 Å². The molecule has 0 bridgehead atoms. The molecule has 9 heteroatoms. The van der Waals surface area contributed by atoms with Crippen molar-refractivity contribution in [2.75, 3.05) is 0 Å². The number of hydrogen-bond acceptors (Lipinski definition) is 8. The Morgan fingerprint density at radius 1 is 0.816 bits per heavy atom. The zero-order chi connectivity index (χ0) is 27.1. The molecule has 184 valence electrons. The maximum absolute atomic E-state index is 13.3. The lowest BCUT2D eigenvalue weighted by atomic mass is 9.99. The third-order valence-electron chi connectivity index (χ3n) is 5.48. The highest BCUT2D eigenvalue weighted by Crippen LogP contribution is 2.29. The van der Waals surface area contributed by atoms with E-state index < -0.39 is 22.8 Å². The number of ketones is 1. The van der Waals surface area contributed by atoms with Gasteiger partial charge in [0.2, 0.25) is 5.78 Å². The van der Waals surface area contributed by atoms with Crippen molar-refractivity contribution in [3.05, 3.63) is 135 Å². The fourth-order valence-corrected chi connectivity index (χ4v) is 3.61. The zero-order valence-electron chi connectivity index (χ0n) is 19.6. The van der Waals surface area contributed by atoms with Crippen molar-refractivity contribution in [2.24, 2.45) is 0 Å². The monoisotopic (exact) mass is 503 g/mol. The third-order valence-corrected chi connectivity index (χ3v) is 5.48. The number of nitro benzene ring substituents is 1. The second-order valence-electron chi connectivity index (χ2n) is 7.90. The van der Waals surface area contributed by atoms with Crippen LogP contribution in [0.1, 0.15) is 43.5 Å². The molecular weight excluding hydrogens is 486 g/mol. The van der Waals surface area contributed by atoms with E-state index >= 15 is 0 Å². The highest BCUT2D eigenvalue weighted by Gasteiger charge is 2.27. The second-order valence-corrected chi connectivity index (χ2v) is 7.90. The van der Waals surface area contributed by atoms with Crippen LogP contribution in [0.3, 0.4) is 0 Å². The largest absolute Gasteiger partial charge is 0.456 e. The van der Waals surface area contributed by atoms with Crippen LogP contribution < -0.4 is 4.74 Å². The van der Waals surface area contributed by atoms with Gasteiger partial charge in [-0.3, -0.25) is 14.9 Å². The summed E-state index contributed by atoms with van der Waals surface area (Å²) in [6, 6.07) is 27.8. The highest BCUT2D eigenvalue weighted by molar-refractivity contribution is 6.02. The first kappa shape index (κ1) is 25.3. The highest BCUT2D eigenvalue weighted by atomic mass is 16.6.